The molecule has 0 unspecified atom stereocenters. The van der Waals surface area contributed by atoms with Crippen LogP contribution >= 0.6 is 0 Å². The van der Waals surface area contributed by atoms with Crippen LogP contribution in [0.3, 0.4) is 0 Å². The molecule has 0 radical (unpaired) electrons. The van der Waals surface area contributed by atoms with Crippen LogP contribution in [0.4, 0.5) is 17.1 Å². The molecule has 0 atom stereocenters. The first-order valence-electron chi connectivity index (χ1n) is 21.4. The predicted octanol–water partition coefficient (Wildman–Crippen LogP) is 15.3. The Bertz CT molecular complexity index is 3160. The van der Waals surface area contributed by atoms with Crippen molar-refractivity contribution in [3.63, 3.8) is 0 Å². The number of nitrogens with zero attached hydrogens (tertiary/aromatic N) is 1. The summed E-state index contributed by atoms with van der Waals surface area (Å²) in [6, 6.07) is 75.5. The van der Waals surface area contributed by atoms with Crippen molar-refractivity contribution in [1.82, 2.24) is 0 Å². The van der Waals surface area contributed by atoms with E-state index >= 15 is 0 Å². The van der Waals surface area contributed by atoms with E-state index in [0.717, 1.165) is 11.4 Å². The monoisotopic (exact) mass is 767 g/mol. The van der Waals surface area contributed by atoms with Gasteiger partial charge in [-0.15, -0.1) is 0 Å². The lowest BCUT2D eigenvalue weighted by Gasteiger charge is -2.35. The Hall–Kier alpha value is -6.96. The molecule has 0 saturated carbocycles. The minimum absolute atomic E-state index is 0.150. The van der Waals surface area contributed by atoms with E-state index in [1.165, 1.54) is 94.3 Å². The second-order valence-electron chi connectivity index (χ2n) is 18.0. The number of hydrogen-bond donors (Lipinski definition) is 0. The van der Waals surface area contributed by atoms with Gasteiger partial charge in [0, 0.05) is 27.8 Å². The van der Waals surface area contributed by atoms with Crippen molar-refractivity contribution >= 4 is 27.8 Å². The molecular weight excluding hydrogens is 723 g/mol. The molecule has 1 heteroatoms. The number of hydrogen-bond acceptors (Lipinski definition) is 1. The number of benzene rings is 9. The molecule has 0 fully saturated rings. The minimum atomic E-state index is -0.516. The fraction of sp³-hybridized carbons (Fsp3) is 0.119. The molecular formula is C59H45N. The molecule has 9 aromatic rings. The standard InChI is InChI=1S/C59H45N/c1-57(2)49-28-16-13-25-44(49)46-33-31-41(36-52(46)57)60(54-35-38-19-11-12-24-43(38)56-55(54)48-27-15-17-29-50(48)58(56,3)4)42-32-34-47-45-26-14-18-30-51(45)59(53(47)37-42,39-20-7-5-8-21-39)40-22-9-6-10-23-40/h5-37H,1-4H3. The first-order valence-corrected chi connectivity index (χ1v) is 21.4. The molecule has 0 N–H and O–H groups in total. The Morgan fingerprint density at radius 1 is 0.350 bits per heavy atom. The highest BCUT2D eigenvalue weighted by atomic mass is 15.1. The zero-order chi connectivity index (χ0) is 40.4. The van der Waals surface area contributed by atoms with Crippen LogP contribution in [-0.4, -0.2) is 0 Å². The van der Waals surface area contributed by atoms with Crippen molar-refractivity contribution < 1.29 is 0 Å². The molecule has 0 amide bonds. The molecule has 3 aliphatic rings. The molecule has 3 aliphatic carbocycles. The van der Waals surface area contributed by atoms with Gasteiger partial charge in [0.2, 0.25) is 0 Å². The smallest absolute Gasteiger partial charge is 0.0714 e. The van der Waals surface area contributed by atoms with Crippen LogP contribution in [0, 0.1) is 0 Å². The Morgan fingerprint density at radius 3 is 1.47 bits per heavy atom. The second kappa shape index (κ2) is 12.5. The molecule has 286 valence electrons. The fourth-order valence-corrected chi connectivity index (χ4v) is 11.6. The van der Waals surface area contributed by atoms with E-state index in [1.54, 1.807) is 0 Å². The summed E-state index contributed by atoms with van der Waals surface area (Å²) < 4.78 is 0. The molecule has 0 heterocycles. The third-order valence-corrected chi connectivity index (χ3v) is 14.3. The maximum atomic E-state index is 2.59. The largest absolute Gasteiger partial charge is 0.310 e. The molecule has 0 bridgehead atoms. The van der Waals surface area contributed by atoms with Crippen LogP contribution in [0.1, 0.15) is 72.2 Å². The van der Waals surface area contributed by atoms with Gasteiger partial charge >= 0.3 is 0 Å². The lowest BCUT2D eigenvalue weighted by molar-refractivity contribution is 0.660. The maximum Gasteiger partial charge on any atom is 0.0714 e. The molecule has 12 rings (SSSR count). The van der Waals surface area contributed by atoms with Gasteiger partial charge in [-0.25, -0.2) is 0 Å². The number of anilines is 3. The van der Waals surface area contributed by atoms with Crippen LogP contribution in [0.2, 0.25) is 0 Å². The molecule has 0 spiro atoms. The van der Waals surface area contributed by atoms with E-state index in [0.29, 0.717) is 0 Å². The summed E-state index contributed by atoms with van der Waals surface area (Å²) in [6.45, 7) is 9.60. The normalized spacial score (nSPS) is 15.4. The van der Waals surface area contributed by atoms with Gasteiger partial charge in [0.25, 0.3) is 0 Å². The minimum Gasteiger partial charge on any atom is -0.310 e. The molecule has 0 aliphatic heterocycles. The second-order valence-corrected chi connectivity index (χ2v) is 18.0. The Balaban J connectivity index is 1.20. The van der Waals surface area contributed by atoms with Crippen LogP contribution in [0.5, 0.6) is 0 Å². The zero-order valence-electron chi connectivity index (χ0n) is 34.5. The summed E-state index contributed by atoms with van der Waals surface area (Å²) in [5.74, 6) is 0. The number of rotatable bonds is 5. The summed E-state index contributed by atoms with van der Waals surface area (Å²) in [4.78, 5) is 2.59. The molecule has 1 nitrogen and oxygen atoms in total. The number of fused-ring (bicyclic) bond motifs is 11. The zero-order valence-corrected chi connectivity index (χ0v) is 34.5. The summed E-state index contributed by atoms with van der Waals surface area (Å²) >= 11 is 0. The molecule has 9 aromatic carbocycles. The van der Waals surface area contributed by atoms with Crippen molar-refractivity contribution in [2.24, 2.45) is 0 Å². The van der Waals surface area contributed by atoms with Crippen LogP contribution in [-0.2, 0) is 16.2 Å². The third-order valence-electron chi connectivity index (χ3n) is 14.3. The van der Waals surface area contributed by atoms with Crippen molar-refractivity contribution in [2.45, 2.75) is 43.9 Å². The lowest BCUT2D eigenvalue weighted by Crippen LogP contribution is -2.28. The van der Waals surface area contributed by atoms with Crippen molar-refractivity contribution in [3.05, 3.63) is 245 Å². The van der Waals surface area contributed by atoms with Gasteiger partial charge in [0.15, 0.2) is 0 Å². The highest BCUT2D eigenvalue weighted by Gasteiger charge is 2.47. The van der Waals surface area contributed by atoms with Gasteiger partial charge in [-0.05, 0) is 113 Å². The topological polar surface area (TPSA) is 3.24 Å². The van der Waals surface area contributed by atoms with Gasteiger partial charge in [0.05, 0.1) is 11.1 Å². The van der Waals surface area contributed by atoms with E-state index < -0.39 is 5.41 Å². The fourth-order valence-electron chi connectivity index (χ4n) is 11.6. The van der Waals surface area contributed by atoms with Gasteiger partial charge < -0.3 is 4.90 Å². The van der Waals surface area contributed by atoms with E-state index in [-0.39, 0.29) is 10.8 Å². The van der Waals surface area contributed by atoms with Gasteiger partial charge in [-0.1, -0.05) is 198 Å². The molecule has 0 saturated heterocycles. The SMILES string of the molecule is CC1(C)c2ccccc2-c2ccc(N(c3ccc4c(c3)C(c3ccccc3)(c3ccccc3)c3ccccc3-4)c3cc4ccccc4c4c3-c3ccccc3C4(C)C)cc21. The van der Waals surface area contributed by atoms with Gasteiger partial charge in [0.1, 0.15) is 0 Å². The van der Waals surface area contributed by atoms with E-state index in [2.05, 4.69) is 233 Å². The van der Waals surface area contributed by atoms with Crippen LogP contribution in [0.15, 0.2) is 200 Å². The summed E-state index contributed by atoms with van der Waals surface area (Å²) in [7, 11) is 0. The summed E-state index contributed by atoms with van der Waals surface area (Å²) in [5.41, 5.74) is 21.2. The first kappa shape index (κ1) is 35.0. The highest BCUT2D eigenvalue weighted by molar-refractivity contribution is 6.06. The van der Waals surface area contributed by atoms with Crippen molar-refractivity contribution in [3.8, 4) is 33.4 Å². The maximum absolute atomic E-state index is 2.59. The van der Waals surface area contributed by atoms with E-state index in [1.807, 2.05) is 0 Å². The third kappa shape index (κ3) is 4.58. The molecule has 0 aromatic heterocycles. The van der Waals surface area contributed by atoms with Gasteiger partial charge in [-0.2, -0.15) is 0 Å². The average Bonchev–Trinajstić information content (AvgIpc) is 3.82. The van der Waals surface area contributed by atoms with Crippen LogP contribution < -0.4 is 4.90 Å². The van der Waals surface area contributed by atoms with Crippen molar-refractivity contribution in [2.75, 3.05) is 4.90 Å². The van der Waals surface area contributed by atoms with Crippen LogP contribution in [0.25, 0.3) is 44.2 Å². The predicted molar refractivity (Wildman–Crippen MR) is 251 cm³/mol. The van der Waals surface area contributed by atoms with E-state index in [9.17, 15) is 0 Å². The first-order chi connectivity index (χ1) is 29.3. The summed E-state index contributed by atoms with van der Waals surface area (Å²) in [5, 5.41) is 2.57. The average molecular weight is 768 g/mol. The van der Waals surface area contributed by atoms with Crippen molar-refractivity contribution in [1.29, 1.82) is 0 Å². The van der Waals surface area contributed by atoms with E-state index in [4.69, 9.17) is 0 Å². The lowest BCUT2D eigenvalue weighted by atomic mass is 9.67. The Morgan fingerprint density at radius 2 is 0.817 bits per heavy atom. The van der Waals surface area contributed by atoms with Gasteiger partial charge in [-0.3, -0.25) is 0 Å². The quantitative estimate of drug-likeness (QED) is 0.169. The molecule has 60 heavy (non-hydrogen) atoms. The highest BCUT2D eigenvalue weighted by Crippen LogP contribution is 2.60. The Kier molecular flexibility index (Phi) is 7.31. The summed E-state index contributed by atoms with van der Waals surface area (Å²) in [6.07, 6.45) is 0. The Labute approximate surface area is 353 Å².